The van der Waals surface area contributed by atoms with Crippen molar-refractivity contribution in [3.63, 3.8) is 0 Å². The second-order valence-corrected chi connectivity index (χ2v) is 6.02. The molecule has 0 radical (unpaired) electrons. The first-order valence-electron chi connectivity index (χ1n) is 8.13. The first-order valence-corrected chi connectivity index (χ1v) is 8.13. The quantitative estimate of drug-likeness (QED) is 0.931. The number of anilines is 1. The zero-order valence-corrected chi connectivity index (χ0v) is 13.4. The highest BCUT2D eigenvalue weighted by molar-refractivity contribution is 5.92. The molecule has 0 saturated carbocycles. The Balaban J connectivity index is 1.67. The maximum Gasteiger partial charge on any atom is 0.414 e. The molecule has 1 N–H and O–H groups in total. The third kappa shape index (κ3) is 2.32. The van der Waals surface area contributed by atoms with E-state index in [1.54, 1.807) is 6.20 Å². The molecule has 2 aliphatic rings. The number of carbonyl (C=O) groups is 1. The Morgan fingerprint density at radius 2 is 2.25 bits per heavy atom. The van der Waals surface area contributed by atoms with Crippen LogP contribution in [0.4, 0.5) is 10.5 Å². The minimum atomic E-state index is -0.648. The van der Waals surface area contributed by atoms with Crippen LogP contribution in [0.5, 0.6) is 5.75 Å². The molecule has 1 amide bonds. The van der Waals surface area contributed by atoms with Gasteiger partial charge < -0.3 is 14.6 Å². The number of aliphatic hydroxyl groups excluding tert-OH is 1. The molecule has 1 saturated heterocycles. The van der Waals surface area contributed by atoms with Crippen LogP contribution in [0.1, 0.15) is 25.6 Å². The number of ether oxygens (including phenoxy) is 2. The van der Waals surface area contributed by atoms with Crippen LogP contribution >= 0.6 is 0 Å². The Morgan fingerprint density at radius 1 is 1.42 bits per heavy atom. The monoisotopic (exact) mass is 329 g/mol. The SMILES string of the molecule is CCCC(O)[C@H]1CN(c2cccc3c2OCc2nccn2-3)C(=O)O1. The molecular formula is C17H19N3O4. The van der Waals surface area contributed by atoms with E-state index >= 15 is 0 Å². The number of hydrogen-bond acceptors (Lipinski definition) is 5. The van der Waals surface area contributed by atoms with E-state index in [1.807, 2.05) is 35.9 Å². The van der Waals surface area contributed by atoms with E-state index in [2.05, 4.69) is 4.98 Å². The number of cyclic esters (lactones) is 1. The topological polar surface area (TPSA) is 76.8 Å². The Kier molecular flexibility index (Phi) is 3.65. The van der Waals surface area contributed by atoms with E-state index < -0.39 is 18.3 Å². The van der Waals surface area contributed by atoms with E-state index in [0.29, 0.717) is 31.0 Å². The number of nitrogens with zero attached hydrogens (tertiary/aromatic N) is 3. The fourth-order valence-electron chi connectivity index (χ4n) is 3.22. The molecule has 1 aromatic carbocycles. The van der Waals surface area contributed by atoms with Gasteiger partial charge in [0.2, 0.25) is 0 Å². The van der Waals surface area contributed by atoms with Gasteiger partial charge in [0.1, 0.15) is 12.7 Å². The van der Waals surface area contributed by atoms with Crippen molar-refractivity contribution >= 4 is 11.8 Å². The van der Waals surface area contributed by atoms with Crippen LogP contribution in [0.3, 0.4) is 0 Å². The van der Waals surface area contributed by atoms with Crippen molar-refractivity contribution in [1.82, 2.24) is 9.55 Å². The molecule has 1 fully saturated rings. The van der Waals surface area contributed by atoms with Gasteiger partial charge in [0, 0.05) is 12.4 Å². The standard InChI is InChI=1S/C17H19N3O4/c1-2-4-13(21)14-9-20(17(22)24-14)12-6-3-5-11-16(12)23-10-15-18-7-8-19(11)15/h3,5-8,13-14,21H,2,4,9-10H2,1H3/t13?,14-/m1/s1. The molecule has 2 atom stereocenters. The highest BCUT2D eigenvalue weighted by atomic mass is 16.6. The van der Waals surface area contributed by atoms with Gasteiger partial charge in [0.05, 0.1) is 24.0 Å². The van der Waals surface area contributed by atoms with Gasteiger partial charge >= 0.3 is 6.09 Å². The summed E-state index contributed by atoms with van der Waals surface area (Å²) in [6, 6.07) is 5.63. The number of aliphatic hydroxyl groups is 1. The van der Waals surface area contributed by atoms with E-state index in [0.717, 1.165) is 17.9 Å². The molecule has 0 spiro atoms. The molecule has 0 aliphatic carbocycles. The minimum Gasteiger partial charge on any atom is -0.481 e. The zero-order valence-electron chi connectivity index (χ0n) is 13.4. The molecule has 7 nitrogen and oxygen atoms in total. The predicted molar refractivity (Wildman–Crippen MR) is 86.4 cm³/mol. The lowest BCUT2D eigenvalue weighted by molar-refractivity contribution is 0.0276. The van der Waals surface area contributed by atoms with Gasteiger partial charge in [-0.25, -0.2) is 9.78 Å². The summed E-state index contributed by atoms with van der Waals surface area (Å²) >= 11 is 0. The third-order valence-corrected chi connectivity index (χ3v) is 4.44. The lowest BCUT2D eigenvalue weighted by Gasteiger charge is -2.24. The first kappa shape index (κ1) is 15.0. The summed E-state index contributed by atoms with van der Waals surface area (Å²) < 4.78 is 13.2. The van der Waals surface area contributed by atoms with Crippen molar-refractivity contribution in [3.8, 4) is 11.4 Å². The molecule has 1 aromatic heterocycles. The summed E-state index contributed by atoms with van der Waals surface area (Å²) in [5.74, 6) is 1.45. The van der Waals surface area contributed by atoms with Crippen molar-refractivity contribution in [2.24, 2.45) is 0 Å². The fraction of sp³-hybridized carbons (Fsp3) is 0.412. The van der Waals surface area contributed by atoms with Gasteiger partial charge in [0.15, 0.2) is 11.6 Å². The number of benzene rings is 1. The average Bonchev–Trinajstić information content (AvgIpc) is 3.21. The Hall–Kier alpha value is -2.54. The fourth-order valence-corrected chi connectivity index (χ4v) is 3.22. The largest absolute Gasteiger partial charge is 0.481 e. The first-order chi connectivity index (χ1) is 11.7. The molecule has 0 bridgehead atoms. The maximum atomic E-state index is 12.3. The Bertz CT molecular complexity index is 773. The summed E-state index contributed by atoms with van der Waals surface area (Å²) in [7, 11) is 0. The van der Waals surface area contributed by atoms with Gasteiger partial charge in [-0.3, -0.25) is 9.47 Å². The highest BCUT2D eigenvalue weighted by Gasteiger charge is 2.38. The van der Waals surface area contributed by atoms with Crippen LogP contribution < -0.4 is 9.64 Å². The van der Waals surface area contributed by atoms with Crippen LogP contribution in [0.25, 0.3) is 5.69 Å². The number of aromatic nitrogens is 2. The van der Waals surface area contributed by atoms with E-state index in [4.69, 9.17) is 9.47 Å². The number of para-hydroxylation sites is 1. The van der Waals surface area contributed by atoms with E-state index in [-0.39, 0.29) is 0 Å². The number of fused-ring (bicyclic) bond motifs is 3. The van der Waals surface area contributed by atoms with Crippen LogP contribution in [-0.2, 0) is 11.3 Å². The number of imidazole rings is 1. The van der Waals surface area contributed by atoms with Crippen LogP contribution in [-0.4, -0.2) is 39.5 Å². The number of hydrogen-bond donors (Lipinski definition) is 1. The second-order valence-electron chi connectivity index (χ2n) is 6.02. The van der Waals surface area contributed by atoms with Crippen molar-refractivity contribution in [3.05, 3.63) is 36.4 Å². The second kappa shape index (κ2) is 5.83. The summed E-state index contributed by atoms with van der Waals surface area (Å²) in [4.78, 5) is 18.1. The van der Waals surface area contributed by atoms with E-state index in [9.17, 15) is 9.90 Å². The van der Waals surface area contributed by atoms with Crippen molar-refractivity contribution in [2.75, 3.05) is 11.4 Å². The van der Waals surface area contributed by atoms with Crippen LogP contribution in [0, 0.1) is 0 Å². The lowest BCUT2D eigenvalue weighted by Crippen LogP contribution is -2.31. The molecule has 4 rings (SSSR count). The van der Waals surface area contributed by atoms with Gasteiger partial charge in [-0.15, -0.1) is 0 Å². The summed E-state index contributed by atoms with van der Waals surface area (Å²) in [6.07, 6.45) is 3.42. The summed E-state index contributed by atoms with van der Waals surface area (Å²) in [6.45, 7) is 2.65. The molecular weight excluding hydrogens is 310 g/mol. The normalized spacial score (nSPS) is 20.2. The number of amides is 1. The molecule has 2 aromatic rings. The molecule has 7 heteroatoms. The summed E-state index contributed by atoms with van der Waals surface area (Å²) in [5.41, 5.74) is 1.50. The maximum absolute atomic E-state index is 12.3. The number of rotatable bonds is 4. The van der Waals surface area contributed by atoms with Crippen molar-refractivity contribution < 1.29 is 19.4 Å². The minimum absolute atomic E-state index is 0.316. The van der Waals surface area contributed by atoms with Gasteiger partial charge in [0.25, 0.3) is 0 Å². The van der Waals surface area contributed by atoms with E-state index in [1.165, 1.54) is 4.90 Å². The Labute approximate surface area is 139 Å². The van der Waals surface area contributed by atoms with Crippen molar-refractivity contribution in [1.29, 1.82) is 0 Å². The zero-order chi connectivity index (χ0) is 16.7. The van der Waals surface area contributed by atoms with Crippen LogP contribution in [0.2, 0.25) is 0 Å². The molecule has 3 heterocycles. The van der Waals surface area contributed by atoms with Gasteiger partial charge in [-0.05, 0) is 18.6 Å². The molecule has 126 valence electrons. The molecule has 24 heavy (non-hydrogen) atoms. The average molecular weight is 329 g/mol. The molecule has 1 unspecified atom stereocenters. The van der Waals surface area contributed by atoms with Crippen LogP contribution in [0.15, 0.2) is 30.6 Å². The van der Waals surface area contributed by atoms with Gasteiger partial charge in [-0.1, -0.05) is 19.4 Å². The lowest BCUT2D eigenvalue weighted by atomic mass is 10.1. The Morgan fingerprint density at radius 3 is 3.08 bits per heavy atom. The predicted octanol–water partition coefficient (Wildman–Crippen LogP) is 2.25. The number of carbonyl (C=O) groups excluding carboxylic acids is 1. The summed E-state index contributed by atoms with van der Waals surface area (Å²) in [5, 5.41) is 10.1. The molecule has 2 aliphatic heterocycles. The third-order valence-electron chi connectivity index (χ3n) is 4.44. The van der Waals surface area contributed by atoms with Gasteiger partial charge in [-0.2, -0.15) is 0 Å². The highest BCUT2D eigenvalue weighted by Crippen LogP contribution is 2.40. The van der Waals surface area contributed by atoms with Crippen molar-refractivity contribution in [2.45, 2.75) is 38.6 Å². The smallest absolute Gasteiger partial charge is 0.414 e.